The Bertz CT molecular complexity index is 918. The van der Waals surface area contributed by atoms with Gasteiger partial charge in [-0.1, -0.05) is 12.1 Å². The van der Waals surface area contributed by atoms with E-state index in [1.54, 1.807) is 23.6 Å². The Balaban J connectivity index is 2.02. The molecule has 2 unspecified atom stereocenters. The number of ether oxygens (including phenoxy) is 1. The monoisotopic (exact) mass is 443 g/mol. The lowest BCUT2D eigenvalue weighted by Gasteiger charge is -2.19. The highest BCUT2D eigenvalue weighted by Gasteiger charge is 2.21. The Labute approximate surface area is 174 Å². The number of aliphatic hydroxyl groups excluding tert-OH is 1. The number of aliphatic imine (C=N–C) groups is 1. The van der Waals surface area contributed by atoms with Crippen molar-refractivity contribution in [1.29, 1.82) is 0 Å². The van der Waals surface area contributed by atoms with Gasteiger partial charge in [0.2, 0.25) is 0 Å². The first-order chi connectivity index (χ1) is 13.8. The van der Waals surface area contributed by atoms with Gasteiger partial charge < -0.3 is 20.5 Å². The summed E-state index contributed by atoms with van der Waals surface area (Å²) in [6, 6.07) is 7.55. The average molecular weight is 444 g/mol. The van der Waals surface area contributed by atoms with Gasteiger partial charge >= 0.3 is 0 Å². The van der Waals surface area contributed by atoms with Gasteiger partial charge in [0.05, 0.1) is 31.6 Å². The maximum absolute atomic E-state index is 13.9. The molecule has 0 amide bonds. The van der Waals surface area contributed by atoms with Crippen LogP contribution in [-0.4, -0.2) is 51.5 Å². The number of benzene rings is 1. The summed E-state index contributed by atoms with van der Waals surface area (Å²) in [7, 11) is -2.15. The van der Waals surface area contributed by atoms with Crippen LogP contribution in [-0.2, 0) is 9.84 Å². The molecule has 0 saturated carbocycles. The molecule has 1 heterocycles. The van der Waals surface area contributed by atoms with Crippen LogP contribution >= 0.6 is 11.3 Å². The minimum Gasteiger partial charge on any atom is -0.494 e. The molecule has 1 aromatic heterocycles. The number of nitrogens with one attached hydrogen (secondary N) is 2. The molecule has 3 N–H and O–H groups in total. The maximum Gasteiger partial charge on any atom is 0.191 e. The molecule has 0 aliphatic rings. The molecule has 0 aliphatic heterocycles. The number of nitrogens with zero attached hydrogens (tertiary/aromatic N) is 1. The van der Waals surface area contributed by atoms with E-state index in [1.807, 2.05) is 13.8 Å². The number of rotatable bonds is 9. The third kappa shape index (κ3) is 6.69. The number of methoxy groups -OCH3 is 1. The number of halogens is 1. The number of thiophene rings is 1. The van der Waals surface area contributed by atoms with Crippen LogP contribution in [0.5, 0.6) is 5.75 Å². The van der Waals surface area contributed by atoms with E-state index in [4.69, 9.17) is 4.74 Å². The Morgan fingerprint density at radius 1 is 1.38 bits per heavy atom. The van der Waals surface area contributed by atoms with E-state index < -0.39 is 27.5 Å². The summed E-state index contributed by atoms with van der Waals surface area (Å²) in [6.45, 7) is 4.20. The van der Waals surface area contributed by atoms with Crippen LogP contribution in [0.25, 0.3) is 0 Å². The topological polar surface area (TPSA) is 100 Å². The van der Waals surface area contributed by atoms with Crippen LogP contribution in [0.15, 0.2) is 44.9 Å². The molecule has 0 radical (unpaired) electrons. The zero-order chi connectivity index (χ0) is 21.4. The Morgan fingerprint density at radius 3 is 2.72 bits per heavy atom. The standard InChI is InChI=1S/C19H26FN3O4S2/c1-4-21-19(23-13(2)14-7-8-17(27-3)16(20)10-14)22-11-15(24)12-29(25,26)18-6-5-9-28-18/h5-10,13,15,24H,4,11-12H2,1-3H3,(H2,21,22,23). The zero-order valence-electron chi connectivity index (χ0n) is 16.6. The Morgan fingerprint density at radius 2 is 2.14 bits per heavy atom. The van der Waals surface area contributed by atoms with E-state index in [0.29, 0.717) is 18.1 Å². The van der Waals surface area contributed by atoms with E-state index in [2.05, 4.69) is 15.6 Å². The molecule has 2 atom stereocenters. The summed E-state index contributed by atoms with van der Waals surface area (Å²) in [4.78, 5) is 4.27. The van der Waals surface area contributed by atoms with Crippen molar-refractivity contribution in [1.82, 2.24) is 10.6 Å². The summed E-state index contributed by atoms with van der Waals surface area (Å²) in [5.74, 6) is -0.314. The van der Waals surface area contributed by atoms with E-state index in [-0.39, 0.29) is 22.5 Å². The van der Waals surface area contributed by atoms with Crippen molar-refractivity contribution >= 4 is 27.1 Å². The lowest BCUT2D eigenvalue weighted by molar-refractivity contribution is 0.206. The molecule has 7 nitrogen and oxygen atoms in total. The highest BCUT2D eigenvalue weighted by atomic mass is 32.2. The first-order valence-corrected chi connectivity index (χ1v) is 11.6. The van der Waals surface area contributed by atoms with Crippen molar-refractivity contribution in [2.24, 2.45) is 4.99 Å². The predicted octanol–water partition coefficient (Wildman–Crippen LogP) is 2.35. The average Bonchev–Trinajstić information content (AvgIpc) is 3.21. The lowest BCUT2D eigenvalue weighted by Crippen LogP contribution is -2.39. The first kappa shape index (κ1) is 23.1. The SMILES string of the molecule is CCNC(=NCC(O)CS(=O)(=O)c1cccs1)NC(C)c1ccc(OC)c(F)c1. The summed E-state index contributed by atoms with van der Waals surface area (Å²) >= 11 is 1.11. The van der Waals surface area contributed by atoms with Crippen LogP contribution in [0.1, 0.15) is 25.5 Å². The van der Waals surface area contributed by atoms with Gasteiger partial charge in [-0.15, -0.1) is 11.3 Å². The summed E-state index contributed by atoms with van der Waals surface area (Å²) in [5, 5.41) is 18.0. The second-order valence-electron chi connectivity index (χ2n) is 6.35. The molecular weight excluding hydrogens is 417 g/mol. The van der Waals surface area contributed by atoms with Crippen LogP contribution in [0.3, 0.4) is 0 Å². The van der Waals surface area contributed by atoms with Crippen molar-refractivity contribution < 1.29 is 22.7 Å². The highest BCUT2D eigenvalue weighted by Crippen LogP contribution is 2.22. The molecule has 2 rings (SSSR count). The van der Waals surface area contributed by atoms with Gasteiger partial charge in [0, 0.05) is 6.54 Å². The second kappa shape index (κ2) is 10.6. The molecule has 10 heteroatoms. The quantitative estimate of drug-likeness (QED) is 0.406. The Hall–Kier alpha value is -2.17. The van der Waals surface area contributed by atoms with Gasteiger partial charge in [-0.05, 0) is 43.0 Å². The third-order valence-corrected chi connectivity index (χ3v) is 7.33. The fraction of sp³-hybridized carbons (Fsp3) is 0.421. The second-order valence-corrected chi connectivity index (χ2v) is 9.56. The minimum atomic E-state index is -3.55. The van der Waals surface area contributed by atoms with Crippen molar-refractivity contribution in [3.8, 4) is 5.75 Å². The largest absolute Gasteiger partial charge is 0.494 e. The molecule has 0 saturated heterocycles. The third-order valence-electron chi connectivity index (χ3n) is 4.05. The van der Waals surface area contributed by atoms with Crippen molar-refractivity contribution in [3.63, 3.8) is 0 Å². The highest BCUT2D eigenvalue weighted by molar-refractivity contribution is 7.93. The molecule has 0 aliphatic carbocycles. The van der Waals surface area contributed by atoms with Crippen LogP contribution in [0.2, 0.25) is 0 Å². The molecule has 29 heavy (non-hydrogen) atoms. The van der Waals surface area contributed by atoms with Gasteiger partial charge in [0.1, 0.15) is 4.21 Å². The van der Waals surface area contributed by atoms with Crippen molar-refractivity contribution in [2.45, 2.75) is 30.2 Å². The number of hydrogen-bond acceptors (Lipinski definition) is 6. The summed E-state index contributed by atoms with van der Waals surface area (Å²) in [5.41, 5.74) is 0.690. The van der Waals surface area contributed by atoms with Gasteiger partial charge in [-0.25, -0.2) is 12.8 Å². The van der Waals surface area contributed by atoms with Crippen LogP contribution in [0, 0.1) is 5.82 Å². The van der Waals surface area contributed by atoms with E-state index in [1.165, 1.54) is 19.2 Å². The zero-order valence-corrected chi connectivity index (χ0v) is 18.2. The predicted molar refractivity (Wildman–Crippen MR) is 113 cm³/mol. The van der Waals surface area contributed by atoms with E-state index in [9.17, 15) is 17.9 Å². The maximum atomic E-state index is 13.9. The van der Waals surface area contributed by atoms with Crippen molar-refractivity contribution in [3.05, 3.63) is 47.1 Å². The fourth-order valence-corrected chi connectivity index (χ4v) is 5.05. The van der Waals surface area contributed by atoms with Crippen molar-refractivity contribution in [2.75, 3.05) is 26.0 Å². The fourth-order valence-electron chi connectivity index (χ4n) is 2.59. The van der Waals surface area contributed by atoms with Gasteiger partial charge in [0.25, 0.3) is 0 Å². The molecule has 0 bridgehead atoms. The molecular formula is C19H26FN3O4S2. The van der Waals surface area contributed by atoms with Gasteiger partial charge in [-0.3, -0.25) is 4.99 Å². The minimum absolute atomic E-state index is 0.0936. The number of hydrogen-bond donors (Lipinski definition) is 3. The number of aliphatic hydroxyl groups is 1. The van der Waals surface area contributed by atoms with E-state index in [0.717, 1.165) is 11.3 Å². The number of guanidine groups is 1. The normalized spacial score (nSPS) is 14.3. The summed E-state index contributed by atoms with van der Waals surface area (Å²) < 4.78 is 43.6. The molecule has 2 aromatic rings. The number of sulfone groups is 1. The van der Waals surface area contributed by atoms with Gasteiger partial charge in [0.15, 0.2) is 27.4 Å². The van der Waals surface area contributed by atoms with E-state index >= 15 is 0 Å². The van der Waals surface area contributed by atoms with Crippen LogP contribution in [0.4, 0.5) is 4.39 Å². The van der Waals surface area contributed by atoms with Crippen LogP contribution < -0.4 is 15.4 Å². The molecule has 0 spiro atoms. The lowest BCUT2D eigenvalue weighted by atomic mass is 10.1. The summed E-state index contributed by atoms with van der Waals surface area (Å²) in [6.07, 6.45) is -1.15. The Kier molecular flexibility index (Phi) is 8.42. The molecule has 160 valence electrons. The molecule has 1 aromatic carbocycles. The smallest absolute Gasteiger partial charge is 0.191 e. The van der Waals surface area contributed by atoms with Gasteiger partial charge in [-0.2, -0.15) is 0 Å². The first-order valence-electron chi connectivity index (χ1n) is 9.09. The molecule has 0 fully saturated rings.